The third-order valence-electron chi connectivity index (χ3n) is 6.71. The van der Waals surface area contributed by atoms with Gasteiger partial charge in [-0.05, 0) is 50.7 Å². The minimum absolute atomic E-state index is 0.0394. The Morgan fingerprint density at radius 3 is 2.66 bits per heavy atom. The molecule has 0 bridgehead atoms. The van der Waals surface area contributed by atoms with E-state index < -0.39 is 5.41 Å². The van der Waals surface area contributed by atoms with Gasteiger partial charge in [0.15, 0.2) is 0 Å². The van der Waals surface area contributed by atoms with Crippen molar-refractivity contribution in [1.29, 1.82) is 0 Å². The summed E-state index contributed by atoms with van der Waals surface area (Å²) in [7, 11) is 3.18. The standard InChI is InChI=1S/C23H30N2O4/c1-28-17-10-11-18(19(15-17)29-2)24-22(27)23-13-6-5-9-20(23)25(21(26)12-14-23)16-7-3-4-8-16/h9-11,15-16H,3-8,12-14H2,1-2H3,(H,24,27). The van der Waals surface area contributed by atoms with E-state index in [1.807, 2.05) is 11.0 Å². The van der Waals surface area contributed by atoms with Crippen LogP contribution in [0.25, 0.3) is 0 Å². The summed E-state index contributed by atoms with van der Waals surface area (Å²) in [4.78, 5) is 28.5. The van der Waals surface area contributed by atoms with Gasteiger partial charge in [-0.2, -0.15) is 0 Å². The van der Waals surface area contributed by atoms with Crippen molar-refractivity contribution in [2.45, 2.75) is 63.8 Å². The number of allylic oxidation sites excluding steroid dienone is 1. The fraction of sp³-hybridized carbons (Fsp3) is 0.565. The first-order valence-electron chi connectivity index (χ1n) is 10.7. The third-order valence-corrected chi connectivity index (χ3v) is 6.71. The highest BCUT2D eigenvalue weighted by Crippen LogP contribution is 2.49. The lowest BCUT2D eigenvalue weighted by molar-refractivity contribution is -0.140. The van der Waals surface area contributed by atoms with Crippen molar-refractivity contribution in [3.63, 3.8) is 0 Å². The molecular weight excluding hydrogens is 368 g/mol. The van der Waals surface area contributed by atoms with E-state index in [1.54, 1.807) is 26.4 Å². The number of rotatable bonds is 5. The van der Waals surface area contributed by atoms with E-state index >= 15 is 0 Å². The Kier molecular flexibility index (Phi) is 5.52. The van der Waals surface area contributed by atoms with Crippen molar-refractivity contribution in [3.8, 4) is 11.5 Å². The zero-order valence-electron chi connectivity index (χ0n) is 17.3. The lowest BCUT2D eigenvalue weighted by Crippen LogP contribution is -2.53. The zero-order valence-corrected chi connectivity index (χ0v) is 17.3. The van der Waals surface area contributed by atoms with Crippen LogP contribution >= 0.6 is 0 Å². The van der Waals surface area contributed by atoms with E-state index in [1.165, 1.54) is 0 Å². The SMILES string of the molecule is COc1ccc(NC(=O)C23CCCC=C2N(C2CCCC2)C(=O)CC3)c(OC)c1. The number of benzene rings is 1. The summed E-state index contributed by atoms with van der Waals surface area (Å²) in [5.41, 5.74) is 0.929. The number of likely N-dealkylation sites (tertiary alicyclic amines) is 1. The molecule has 2 fully saturated rings. The van der Waals surface area contributed by atoms with Crippen LogP contribution in [0.2, 0.25) is 0 Å². The van der Waals surface area contributed by atoms with Crippen LogP contribution in [0.15, 0.2) is 30.0 Å². The summed E-state index contributed by atoms with van der Waals surface area (Å²) < 4.78 is 10.7. The number of piperidine rings is 1. The fourth-order valence-corrected chi connectivity index (χ4v) is 5.17. The number of methoxy groups -OCH3 is 2. The molecule has 1 heterocycles. The third kappa shape index (κ3) is 3.49. The lowest BCUT2D eigenvalue weighted by Gasteiger charge is -2.48. The van der Waals surface area contributed by atoms with Gasteiger partial charge in [0.05, 0.1) is 25.3 Å². The molecule has 2 amide bonds. The van der Waals surface area contributed by atoms with Gasteiger partial charge in [-0.25, -0.2) is 0 Å². The van der Waals surface area contributed by atoms with Crippen molar-refractivity contribution in [2.24, 2.45) is 5.41 Å². The highest BCUT2D eigenvalue weighted by Gasteiger charge is 2.51. The number of ether oxygens (including phenoxy) is 2. The molecule has 156 valence electrons. The lowest BCUT2D eigenvalue weighted by atomic mass is 9.68. The number of carbonyl (C=O) groups is 2. The smallest absolute Gasteiger partial charge is 0.236 e. The predicted octanol–water partition coefficient (Wildman–Crippen LogP) is 4.26. The Labute approximate surface area is 172 Å². The van der Waals surface area contributed by atoms with Crippen LogP contribution < -0.4 is 14.8 Å². The second-order valence-corrected chi connectivity index (χ2v) is 8.29. The molecule has 1 aromatic rings. The summed E-state index contributed by atoms with van der Waals surface area (Å²) in [6.45, 7) is 0. The molecule has 0 spiro atoms. The minimum Gasteiger partial charge on any atom is -0.497 e. The highest BCUT2D eigenvalue weighted by atomic mass is 16.5. The van der Waals surface area contributed by atoms with Gasteiger partial charge in [0, 0.05) is 24.2 Å². The molecule has 6 nitrogen and oxygen atoms in total. The van der Waals surface area contributed by atoms with Crippen LogP contribution in [-0.2, 0) is 9.59 Å². The van der Waals surface area contributed by atoms with Crippen LogP contribution in [0.1, 0.15) is 57.8 Å². The molecule has 0 radical (unpaired) electrons. The number of nitrogens with zero attached hydrogens (tertiary/aromatic N) is 1. The largest absolute Gasteiger partial charge is 0.497 e. The van der Waals surface area contributed by atoms with Crippen molar-refractivity contribution >= 4 is 17.5 Å². The quantitative estimate of drug-likeness (QED) is 0.805. The molecule has 1 atom stereocenters. The Morgan fingerprint density at radius 2 is 1.93 bits per heavy atom. The van der Waals surface area contributed by atoms with E-state index in [4.69, 9.17) is 9.47 Å². The number of nitrogens with one attached hydrogen (secondary N) is 1. The van der Waals surface area contributed by atoms with Crippen LogP contribution in [0.4, 0.5) is 5.69 Å². The van der Waals surface area contributed by atoms with Gasteiger partial charge in [0.2, 0.25) is 11.8 Å². The number of amides is 2. The first-order valence-corrected chi connectivity index (χ1v) is 10.7. The molecule has 3 aliphatic rings. The summed E-state index contributed by atoms with van der Waals surface area (Å²) >= 11 is 0. The first kappa shape index (κ1) is 19.8. The average Bonchev–Trinajstić information content (AvgIpc) is 3.28. The zero-order chi connectivity index (χ0) is 20.4. The molecule has 4 rings (SSSR count). The molecule has 1 saturated carbocycles. The topological polar surface area (TPSA) is 67.9 Å². The monoisotopic (exact) mass is 398 g/mol. The molecule has 0 aromatic heterocycles. The normalized spacial score (nSPS) is 24.7. The summed E-state index contributed by atoms with van der Waals surface area (Å²) in [6, 6.07) is 5.62. The number of hydrogen-bond donors (Lipinski definition) is 1. The molecule has 6 heteroatoms. The van der Waals surface area contributed by atoms with E-state index in [-0.39, 0.29) is 17.9 Å². The molecule has 29 heavy (non-hydrogen) atoms. The van der Waals surface area contributed by atoms with Crippen molar-refractivity contribution < 1.29 is 19.1 Å². The van der Waals surface area contributed by atoms with E-state index in [0.717, 1.165) is 50.6 Å². The predicted molar refractivity (Wildman–Crippen MR) is 111 cm³/mol. The fourth-order valence-electron chi connectivity index (χ4n) is 5.17. The van der Waals surface area contributed by atoms with Crippen molar-refractivity contribution in [3.05, 3.63) is 30.0 Å². The Balaban J connectivity index is 1.65. The van der Waals surface area contributed by atoms with Gasteiger partial charge in [0.25, 0.3) is 0 Å². The van der Waals surface area contributed by atoms with E-state index in [9.17, 15) is 9.59 Å². The Hall–Kier alpha value is -2.50. The average molecular weight is 399 g/mol. The maximum Gasteiger partial charge on any atom is 0.236 e. The number of anilines is 1. The van der Waals surface area contributed by atoms with Gasteiger partial charge >= 0.3 is 0 Å². The number of fused-ring (bicyclic) bond motifs is 1. The highest BCUT2D eigenvalue weighted by molar-refractivity contribution is 6.00. The van der Waals surface area contributed by atoms with Crippen LogP contribution in [-0.4, -0.2) is 37.0 Å². The molecule has 1 aromatic carbocycles. The van der Waals surface area contributed by atoms with Crippen molar-refractivity contribution in [1.82, 2.24) is 4.90 Å². The van der Waals surface area contributed by atoms with Crippen LogP contribution in [0.3, 0.4) is 0 Å². The summed E-state index contributed by atoms with van der Waals surface area (Å²) in [5.74, 6) is 1.37. The Bertz CT molecular complexity index is 828. The summed E-state index contributed by atoms with van der Waals surface area (Å²) in [6.07, 6.45) is 10.2. The Morgan fingerprint density at radius 1 is 1.14 bits per heavy atom. The van der Waals surface area contributed by atoms with Gasteiger partial charge in [-0.1, -0.05) is 18.9 Å². The molecular formula is C23H30N2O4. The second kappa shape index (κ2) is 8.09. The second-order valence-electron chi connectivity index (χ2n) is 8.29. The molecule has 1 unspecified atom stereocenters. The maximum absolute atomic E-state index is 13.6. The van der Waals surface area contributed by atoms with E-state index in [0.29, 0.717) is 30.0 Å². The molecule has 1 N–H and O–H groups in total. The number of carbonyl (C=O) groups excluding carboxylic acids is 2. The minimum atomic E-state index is -0.639. The van der Waals surface area contributed by atoms with Crippen LogP contribution in [0.5, 0.6) is 11.5 Å². The maximum atomic E-state index is 13.6. The molecule has 1 saturated heterocycles. The van der Waals surface area contributed by atoms with Crippen LogP contribution in [0, 0.1) is 5.41 Å². The van der Waals surface area contributed by atoms with Gasteiger partial charge in [-0.3, -0.25) is 9.59 Å². The molecule has 1 aliphatic heterocycles. The number of hydrogen-bond acceptors (Lipinski definition) is 4. The molecule has 2 aliphatic carbocycles. The van der Waals surface area contributed by atoms with Crippen molar-refractivity contribution in [2.75, 3.05) is 19.5 Å². The summed E-state index contributed by atoms with van der Waals surface area (Å²) in [5, 5.41) is 3.10. The first-order chi connectivity index (χ1) is 14.1. The van der Waals surface area contributed by atoms with Gasteiger partial charge < -0.3 is 19.7 Å². The van der Waals surface area contributed by atoms with E-state index in [2.05, 4.69) is 11.4 Å². The van der Waals surface area contributed by atoms with Gasteiger partial charge in [0.1, 0.15) is 11.5 Å². The van der Waals surface area contributed by atoms with Gasteiger partial charge in [-0.15, -0.1) is 0 Å².